The van der Waals surface area contributed by atoms with Gasteiger partial charge in [0, 0.05) is 13.0 Å². The maximum Gasteiger partial charge on any atom is 0.219 e. The monoisotopic (exact) mass is 298 g/mol. The SMILES string of the molecule is CCCCCCCCCCCCCC(=O)NCCCCN. The Balaban J connectivity index is 3.09. The highest BCUT2D eigenvalue weighted by molar-refractivity contribution is 5.75. The minimum Gasteiger partial charge on any atom is -0.356 e. The molecule has 21 heavy (non-hydrogen) atoms. The van der Waals surface area contributed by atoms with Crippen molar-refractivity contribution in [2.45, 2.75) is 96.8 Å². The molecular formula is C18H38N2O. The predicted octanol–water partition coefficient (Wildman–Crippen LogP) is 4.54. The van der Waals surface area contributed by atoms with Gasteiger partial charge in [-0.3, -0.25) is 4.79 Å². The molecule has 0 saturated heterocycles. The standard InChI is InChI=1S/C18H38N2O/c1-2-3-4-5-6-7-8-9-10-11-12-15-18(21)20-17-14-13-16-19/h2-17,19H2,1H3,(H,20,21). The quantitative estimate of drug-likeness (QED) is 0.411. The van der Waals surface area contributed by atoms with Gasteiger partial charge in [-0.2, -0.15) is 0 Å². The number of unbranched alkanes of at least 4 members (excludes halogenated alkanes) is 11. The molecule has 0 rings (SSSR count). The summed E-state index contributed by atoms with van der Waals surface area (Å²) in [6.45, 7) is 3.77. The molecule has 0 bridgehead atoms. The number of carbonyl (C=O) groups is 1. The highest BCUT2D eigenvalue weighted by atomic mass is 16.1. The molecule has 0 fully saturated rings. The van der Waals surface area contributed by atoms with E-state index in [4.69, 9.17) is 5.73 Å². The zero-order valence-corrected chi connectivity index (χ0v) is 14.3. The fourth-order valence-corrected chi connectivity index (χ4v) is 2.54. The van der Waals surface area contributed by atoms with E-state index < -0.39 is 0 Å². The van der Waals surface area contributed by atoms with E-state index in [1.165, 1.54) is 64.2 Å². The third kappa shape index (κ3) is 17.4. The number of amides is 1. The van der Waals surface area contributed by atoms with Gasteiger partial charge in [0.05, 0.1) is 0 Å². The van der Waals surface area contributed by atoms with Crippen LogP contribution in [-0.4, -0.2) is 19.0 Å². The Morgan fingerprint density at radius 1 is 0.762 bits per heavy atom. The minimum absolute atomic E-state index is 0.211. The predicted molar refractivity (Wildman–Crippen MR) is 92.4 cm³/mol. The first kappa shape index (κ1) is 20.4. The molecule has 0 heterocycles. The van der Waals surface area contributed by atoms with Crippen molar-refractivity contribution in [3.8, 4) is 0 Å². The van der Waals surface area contributed by atoms with Gasteiger partial charge < -0.3 is 11.1 Å². The van der Waals surface area contributed by atoms with Crippen LogP contribution in [0.15, 0.2) is 0 Å². The Morgan fingerprint density at radius 3 is 1.81 bits per heavy atom. The van der Waals surface area contributed by atoms with Crippen LogP contribution in [0.3, 0.4) is 0 Å². The van der Waals surface area contributed by atoms with E-state index in [2.05, 4.69) is 12.2 Å². The molecule has 0 aliphatic heterocycles. The summed E-state index contributed by atoms with van der Waals surface area (Å²) in [5.74, 6) is 0.211. The van der Waals surface area contributed by atoms with E-state index in [-0.39, 0.29) is 5.91 Å². The smallest absolute Gasteiger partial charge is 0.219 e. The van der Waals surface area contributed by atoms with Crippen LogP contribution in [0.1, 0.15) is 96.8 Å². The number of nitrogens with one attached hydrogen (secondary N) is 1. The summed E-state index contributed by atoms with van der Waals surface area (Å²) in [4.78, 5) is 11.5. The molecule has 3 nitrogen and oxygen atoms in total. The lowest BCUT2D eigenvalue weighted by Gasteiger charge is -2.05. The topological polar surface area (TPSA) is 55.1 Å². The molecule has 0 aliphatic rings. The summed E-state index contributed by atoms with van der Waals surface area (Å²) in [6, 6.07) is 0. The molecule has 0 unspecified atom stereocenters. The zero-order valence-electron chi connectivity index (χ0n) is 14.3. The lowest BCUT2D eigenvalue weighted by atomic mass is 10.1. The third-order valence-electron chi connectivity index (χ3n) is 3.96. The van der Waals surface area contributed by atoms with Crippen LogP contribution >= 0.6 is 0 Å². The maximum atomic E-state index is 11.5. The van der Waals surface area contributed by atoms with Crippen LogP contribution < -0.4 is 11.1 Å². The van der Waals surface area contributed by atoms with Crippen LogP contribution in [0.5, 0.6) is 0 Å². The van der Waals surface area contributed by atoms with Crippen molar-refractivity contribution in [1.82, 2.24) is 5.32 Å². The second-order valence-corrected chi connectivity index (χ2v) is 6.13. The maximum absolute atomic E-state index is 11.5. The highest BCUT2D eigenvalue weighted by Gasteiger charge is 2.00. The van der Waals surface area contributed by atoms with E-state index in [0.29, 0.717) is 13.0 Å². The van der Waals surface area contributed by atoms with Crippen LogP contribution in [0.2, 0.25) is 0 Å². The van der Waals surface area contributed by atoms with Crippen molar-refractivity contribution >= 4 is 5.91 Å². The fourth-order valence-electron chi connectivity index (χ4n) is 2.54. The lowest BCUT2D eigenvalue weighted by Crippen LogP contribution is -2.24. The van der Waals surface area contributed by atoms with Gasteiger partial charge in [-0.1, -0.05) is 71.1 Å². The Kier molecular flexibility index (Phi) is 17.0. The van der Waals surface area contributed by atoms with Gasteiger partial charge in [-0.05, 0) is 25.8 Å². The van der Waals surface area contributed by atoms with Crippen molar-refractivity contribution in [3.05, 3.63) is 0 Å². The summed E-state index contributed by atoms with van der Waals surface area (Å²) in [5.41, 5.74) is 5.41. The third-order valence-corrected chi connectivity index (χ3v) is 3.96. The van der Waals surface area contributed by atoms with E-state index in [1.54, 1.807) is 0 Å². The van der Waals surface area contributed by atoms with E-state index in [9.17, 15) is 4.79 Å². The number of rotatable bonds is 16. The highest BCUT2D eigenvalue weighted by Crippen LogP contribution is 2.11. The molecule has 3 N–H and O–H groups in total. The van der Waals surface area contributed by atoms with Gasteiger partial charge in [0.1, 0.15) is 0 Å². The Morgan fingerprint density at radius 2 is 1.29 bits per heavy atom. The normalized spacial score (nSPS) is 10.8. The van der Waals surface area contributed by atoms with Crippen molar-refractivity contribution in [3.63, 3.8) is 0 Å². The van der Waals surface area contributed by atoms with E-state index >= 15 is 0 Å². The zero-order chi connectivity index (χ0) is 15.6. The fraction of sp³-hybridized carbons (Fsp3) is 0.944. The summed E-state index contributed by atoms with van der Waals surface area (Å²) in [7, 11) is 0. The van der Waals surface area contributed by atoms with Gasteiger partial charge >= 0.3 is 0 Å². The Labute approximate surface area is 132 Å². The second-order valence-electron chi connectivity index (χ2n) is 6.13. The molecule has 0 spiro atoms. The van der Waals surface area contributed by atoms with Crippen LogP contribution in [-0.2, 0) is 4.79 Å². The first-order chi connectivity index (χ1) is 10.3. The summed E-state index contributed by atoms with van der Waals surface area (Å²) >= 11 is 0. The molecule has 0 radical (unpaired) electrons. The molecule has 0 aromatic rings. The van der Waals surface area contributed by atoms with Gasteiger partial charge in [-0.15, -0.1) is 0 Å². The largest absolute Gasteiger partial charge is 0.356 e. The lowest BCUT2D eigenvalue weighted by molar-refractivity contribution is -0.121. The molecule has 0 atom stereocenters. The molecule has 0 aromatic heterocycles. The summed E-state index contributed by atoms with van der Waals surface area (Å²) < 4.78 is 0. The van der Waals surface area contributed by atoms with Crippen LogP contribution in [0.4, 0.5) is 0 Å². The van der Waals surface area contributed by atoms with Crippen molar-refractivity contribution in [2.24, 2.45) is 5.73 Å². The molecule has 3 heteroatoms. The average molecular weight is 299 g/mol. The number of hydrogen-bond donors (Lipinski definition) is 2. The van der Waals surface area contributed by atoms with Gasteiger partial charge in [0.15, 0.2) is 0 Å². The van der Waals surface area contributed by atoms with Crippen molar-refractivity contribution in [1.29, 1.82) is 0 Å². The second kappa shape index (κ2) is 17.5. The molecular weight excluding hydrogens is 260 g/mol. The van der Waals surface area contributed by atoms with Crippen molar-refractivity contribution < 1.29 is 4.79 Å². The first-order valence-corrected chi connectivity index (χ1v) is 9.28. The number of hydrogen-bond acceptors (Lipinski definition) is 2. The van der Waals surface area contributed by atoms with Gasteiger partial charge in [-0.25, -0.2) is 0 Å². The Bertz CT molecular complexity index is 219. The van der Waals surface area contributed by atoms with Crippen LogP contribution in [0, 0.1) is 0 Å². The molecule has 1 amide bonds. The van der Waals surface area contributed by atoms with Gasteiger partial charge in [0.25, 0.3) is 0 Å². The van der Waals surface area contributed by atoms with Gasteiger partial charge in [0.2, 0.25) is 5.91 Å². The summed E-state index contributed by atoms with van der Waals surface area (Å²) in [5, 5.41) is 2.96. The Hall–Kier alpha value is -0.570. The first-order valence-electron chi connectivity index (χ1n) is 9.28. The van der Waals surface area contributed by atoms with E-state index in [1.807, 2.05) is 0 Å². The molecule has 0 saturated carbocycles. The average Bonchev–Trinajstić information content (AvgIpc) is 2.49. The minimum atomic E-state index is 0.211. The van der Waals surface area contributed by atoms with E-state index in [0.717, 1.165) is 25.8 Å². The molecule has 126 valence electrons. The van der Waals surface area contributed by atoms with Crippen LogP contribution in [0.25, 0.3) is 0 Å². The number of carbonyl (C=O) groups excluding carboxylic acids is 1. The summed E-state index contributed by atoms with van der Waals surface area (Å²) in [6.07, 6.45) is 17.3. The number of nitrogens with two attached hydrogens (primary N) is 1. The molecule has 0 aromatic carbocycles. The molecule has 0 aliphatic carbocycles. The van der Waals surface area contributed by atoms with Crippen molar-refractivity contribution in [2.75, 3.05) is 13.1 Å².